The van der Waals surface area contributed by atoms with Crippen LogP contribution in [0.25, 0.3) is 10.2 Å². The normalized spacial score (nSPS) is 15.5. The van der Waals surface area contributed by atoms with E-state index in [0.29, 0.717) is 27.5 Å². The molecule has 8 nitrogen and oxygen atoms in total. The number of aryl methyl sites for hydroxylation is 1. The van der Waals surface area contributed by atoms with Gasteiger partial charge in [0.1, 0.15) is 11.3 Å². The van der Waals surface area contributed by atoms with Crippen molar-refractivity contribution in [2.75, 3.05) is 25.2 Å². The van der Waals surface area contributed by atoms with E-state index in [2.05, 4.69) is 9.97 Å². The van der Waals surface area contributed by atoms with Gasteiger partial charge >= 0.3 is 6.09 Å². The summed E-state index contributed by atoms with van der Waals surface area (Å²) >= 11 is 7.37. The zero-order valence-corrected chi connectivity index (χ0v) is 16.6. The van der Waals surface area contributed by atoms with Crippen LogP contribution in [0.3, 0.4) is 0 Å². The fraction of sp³-hybridized carbons (Fsp3) is 0.278. The molecule has 0 saturated heterocycles. The van der Waals surface area contributed by atoms with E-state index in [-0.39, 0.29) is 13.2 Å². The topological polar surface area (TPSA) is 94.0 Å². The van der Waals surface area contributed by atoms with Gasteiger partial charge in [0.05, 0.1) is 31.1 Å². The van der Waals surface area contributed by atoms with Crippen molar-refractivity contribution in [2.24, 2.45) is 0 Å². The number of methoxy groups -OCH3 is 1. The first kappa shape index (κ1) is 18.6. The molecule has 0 aliphatic carbocycles. The van der Waals surface area contributed by atoms with Crippen molar-refractivity contribution in [3.63, 3.8) is 0 Å². The minimum atomic E-state index is -1.11. The molecule has 0 fully saturated rings. The third kappa shape index (κ3) is 3.38. The molecule has 146 valence electrons. The maximum atomic E-state index is 11.8. The Kier molecular flexibility index (Phi) is 4.86. The number of amides is 1. The lowest BCUT2D eigenvalue weighted by Gasteiger charge is -2.30. The third-order valence-electron chi connectivity index (χ3n) is 4.32. The molecule has 3 aromatic rings. The minimum absolute atomic E-state index is 0.0866. The molecular weight excluding hydrogens is 406 g/mol. The van der Waals surface area contributed by atoms with Crippen molar-refractivity contribution in [2.45, 2.75) is 13.0 Å². The first-order chi connectivity index (χ1) is 13.5. The zero-order chi connectivity index (χ0) is 19.8. The van der Waals surface area contributed by atoms with E-state index in [1.165, 1.54) is 29.5 Å². The number of nitrogens with zero attached hydrogens (tertiary/aromatic N) is 3. The average molecular weight is 422 g/mol. The number of anilines is 1. The number of hydrogen-bond acceptors (Lipinski definition) is 7. The summed E-state index contributed by atoms with van der Waals surface area (Å²) in [5.74, 6) is 1.55. The number of fused-ring (bicyclic) bond motifs is 3. The fourth-order valence-electron chi connectivity index (χ4n) is 3.01. The van der Waals surface area contributed by atoms with E-state index in [0.717, 1.165) is 15.8 Å². The fourth-order valence-corrected chi connectivity index (χ4v) is 4.19. The molecule has 0 unspecified atom stereocenters. The maximum Gasteiger partial charge on any atom is 0.411 e. The summed E-state index contributed by atoms with van der Waals surface area (Å²) in [7, 11) is 1.50. The minimum Gasteiger partial charge on any atom is -0.484 e. The van der Waals surface area contributed by atoms with Crippen molar-refractivity contribution >= 4 is 44.9 Å². The first-order valence-corrected chi connectivity index (χ1v) is 9.55. The number of ether oxygens (including phenoxy) is 3. The van der Waals surface area contributed by atoms with Crippen LogP contribution in [-0.2, 0) is 0 Å². The zero-order valence-electron chi connectivity index (χ0n) is 15.0. The summed E-state index contributed by atoms with van der Waals surface area (Å²) in [6.07, 6.45) is -0.148. The van der Waals surface area contributed by atoms with Gasteiger partial charge in [-0.1, -0.05) is 22.9 Å². The van der Waals surface area contributed by atoms with E-state index in [9.17, 15) is 9.90 Å². The van der Waals surface area contributed by atoms with Gasteiger partial charge in [0.2, 0.25) is 5.88 Å². The van der Waals surface area contributed by atoms with E-state index < -0.39 is 12.2 Å². The number of carboxylic acid groups (broad SMARTS) is 1. The lowest BCUT2D eigenvalue weighted by Crippen LogP contribution is -2.43. The second-order valence-corrected chi connectivity index (χ2v) is 7.75. The second-order valence-electron chi connectivity index (χ2n) is 6.17. The van der Waals surface area contributed by atoms with Crippen LogP contribution < -0.4 is 19.1 Å². The number of benzene rings is 1. The van der Waals surface area contributed by atoms with Crippen LogP contribution in [-0.4, -0.2) is 47.5 Å². The molecule has 1 aliphatic rings. The molecule has 1 atom stereocenters. The van der Waals surface area contributed by atoms with Gasteiger partial charge in [-0.15, -0.1) is 0 Å². The van der Waals surface area contributed by atoms with Gasteiger partial charge in [-0.2, -0.15) is 0 Å². The van der Waals surface area contributed by atoms with Gasteiger partial charge in [0.25, 0.3) is 0 Å². The standard InChI is InChI=1S/C18H16ClN3O5S/c1-9-5-12-15(16-14(9)21-17(19)28-16)26-8-11(27-12)7-22(18(23)24)10-3-4-13(25-2)20-6-10/h3-6,11H,7-8H2,1-2H3,(H,23,24)/t11-/m1/s1. The molecule has 1 aromatic carbocycles. The van der Waals surface area contributed by atoms with Gasteiger partial charge in [-0.3, -0.25) is 4.90 Å². The second kappa shape index (κ2) is 7.33. The molecule has 1 N–H and O–H groups in total. The lowest BCUT2D eigenvalue weighted by atomic mass is 10.1. The SMILES string of the molecule is COc1ccc(N(C[C@@H]2COc3c(cc(C)c4nc(Cl)sc34)O2)C(=O)O)cn1. The van der Waals surface area contributed by atoms with Crippen LogP contribution in [0.2, 0.25) is 4.47 Å². The van der Waals surface area contributed by atoms with Crippen molar-refractivity contribution in [1.29, 1.82) is 0 Å². The predicted molar refractivity (Wildman–Crippen MR) is 105 cm³/mol. The van der Waals surface area contributed by atoms with Crippen LogP contribution in [0.1, 0.15) is 5.56 Å². The predicted octanol–water partition coefficient (Wildman–Crippen LogP) is 3.99. The number of halogens is 1. The molecule has 10 heteroatoms. The smallest absolute Gasteiger partial charge is 0.411 e. The Labute approximate surface area is 169 Å². The Bertz CT molecular complexity index is 1040. The van der Waals surface area contributed by atoms with Gasteiger partial charge in [0.15, 0.2) is 22.1 Å². The molecule has 3 heterocycles. The van der Waals surface area contributed by atoms with Crippen molar-refractivity contribution in [3.8, 4) is 17.4 Å². The van der Waals surface area contributed by atoms with Crippen LogP contribution in [0.4, 0.5) is 10.5 Å². The highest BCUT2D eigenvalue weighted by Gasteiger charge is 2.29. The largest absolute Gasteiger partial charge is 0.484 e. The van der Waals surface area contributed by atoms with Gasteiger partial charge in [-0.05, 0) is 24.6 Å². The number of thiazole rings is 1. The molecule has 0 radical (unpaired) electrons. The van der Waals surface area contributed by atoms with Crippen LogP contribution >= 0.6 is 22.9 Å². The number of aromatic nitrogens is 2. The maximum absolute atomic E-state index is 11.8. The van der Waals surface area contributed by atoms with Gasteiger partial charge in [0, 0.05) is 6.07 Å². The third-order valence-corrected chi connectivity index (χ3v) is 5.48. The Morgan fingerprint density at radius 2 is 2.32 bits per heavy atom. The van der Waals surface area contributed by atoms with E-state index in [1.807, 2.05) is 13.0 Å². The number of rotatable bonds is 4. The molecule has 2 aromatic heterocycles. The quantitative estimate of drug-likeness (QED) is 0.680. The highest BCUT2D eigenvalue weighted by Crippen LogP contribution is 2.44. The molecule has 4 rings (SSSR count). The molecule has 0 bridgehead atoms. The summed E-state index contributed by atoms with van der Waals surface area (Å²) in [5, 5.41) is 9.62. The van der Waals surface area contributed by atoms with Gasteiger partial charge < -0.3 is 19.3 Å². The molecule has 0 spiro atoms. The molecule has 1 aliphatic heterocycles. The summed E-state index contributed by atoms with van der Waals surface area (Å²) in [6.45, 7) is 2.20. The van der Waals surface area contributed by atoms with Crippen molar-refractivity contribution < 1.29 is 24.1 Å². The van der Waals surface area contributed by atoms with E-state index in [4.69, 9.17) is 25.8 Å². The van der Waals surface area contributed by atoms with E-state index in [1.54, 1.807) is 12.1 Å². The Morgan fingerprint density at radius 1 is 1.50 bits per heavy atom. The average Bonchev–Trinajstić information content (AvgIpc) is 3.08. The first-order valence-electron chi connectivity index (χ1n) is 8.36. The summed E-state index contributed by atoms with van der Waals surface area (Å²) in [6, 6.07) is 5.07. The number of pyridine rings is 1. The molecule has 0 saturated carbocycles. The number of carbonyl (C=O) groups is 1. The summed E-state index contributed by atoms with van der Waals surface area (Å²) < 4.78 is 18.2. The highest BCUT2D eigenvalue weighted by atomic mass is 35.5. The van der Waals surface area contributed by atoms with Crippen LogP contribution in [0.15, 0.2) is 24.4 Å². The molecule has 1 amide bonds. The molecule has 28 heavy (non-hydrogen) atoms. The van der Waals surface area contributed by atoms with Crippen molar-refractivity contribution in [1.82, 2.24) is 9.97 Å². The number of hydrogen-bond donors (Lipinski definition) is 1. The lowest BCUT2D eigenvalue weighted by molar-refractivity contribution is 0.0961. The Hall–Kier alpha value is -2.78. The monoisotopic (exact) mass is 421 g/mol. The van der Waals surface area contributed by atoms with Crippen molar-refractivity contribution in [3.05, 3.63) is 34.4 Å². The molecular formula is C18H16ClN3O5S. The summed E-state index contributed by atoms with van der Waals surface area (Å²) in [4.78, 5) is 21.3. The van der Waals surface area contributed by atoms with Gasteiger partial charge in [-0.25, -0.2) is 14.8 Å². The Morgan fingerprint density at radius 3 is 3.00 bits per heavy atom. The summed E-state index contributed by atoms with van der Waals surface area (Å²) in [5.41, 5.74) is 2.12. The Balaban J connectivity index is 1.58. The van der Waals surface area contributed by atoms with Crippen LogP contribution in [0, 0.1) is 6.92 Å². The van der Waals surface area contributed by atoms with E-state index >= 15 is 0 Å². The van der Waals surface area contributed by atoms with Crippen LogP contribution in [0.5, 0.6) is 17.4 Å². The highest BCUT2D eigenvalue weighted by molar-refractivity contribution is 7.22.